The quantitative estimate of drug-likeness (QED) is 0.537. The highest BCUT2D eigenvalue weighted by Gasteiger charge is 2.48. The Morgan fingerprint density at radius 3 is 2.80 bits per heavy atom. The lowest BCUT2D eigenvalue weighted by Crippen LogP contribution is -2.47. The fourth-order valence-corrected chi connectivity index (χ4v) is 1.86. The molecule has 10 heavy (non-hydrogen) atoms. The lowest BCUT2D eigenvalue weighted by atomic mass is 10.2. The van der Waals surface area contributed by atoms with E-state index in [-0.39, 0.29) is 0 Å². The number of hydrogen-bond donors (Lipinski definition) is 0. The number of nitrogens with zero attached hydrogens (tertiary/aromatic N) is 1. The molecular weight excluding hydrogens is 126 g/mol. The van der Waals surface area contributed by atoms with E-state index in [1.165, 1.54) is 19.4 Å². The van der Waals surface area contributed by atoms with Crippen LogP contribution in [0.3, 0.4) is 0 Å². The zero-order valence-electron chi connectivity index (χ0n) is 6.60. The fourth-order valence-electron chi connectivity index (χ4n) is 1.86. The van der Waals surface area contributed by atoms with Crippen LogP contribution < -0.4 is 0 Å². The molecule has 0 bridgehead atoms. The minimum Gasteiger partial charge on any atom is -0.378 e. The van der Waals surface area contributed by atoms with Gasteiger partial charge in [-0.15, -0.1) is 0 Å². The first kappa shape index (κ1) is 6.62. The van der Waals surface area contributed by atoms with E-state index in [0.29, 0.717) is 5.54 Å². The van der Waals surface area contributed by atoms with Gasteiger partial charge in [-0.05, 0) is 19.4 Å². The maximum atomic E-state index is 5.44. The van der Waals surface area contributed by atoms with E-state index >= 15 is 0 Å². The SMILES string of the molecule is CCN1CCOCC12CC2. The van der Waals surface area contributed by atoms with Gasteiger partial charge in [0.2, 0.25) is 0 Å². The van der Waals surface area contributed by atoms with E-state index in [9.17, 15) is 0 Å². The van der Waals surface area contributed by atoms with Gasteiger partial charge in [-0.25, -0.2) is 0 Å². The molecule has 2 rings (SSSR count). The Hall–Kier alpha value is -0.0800. The molecule has 2 heteroatoms. The van der Waals surface area contributed by atoms with Gasteiger partial charge < -0.3 is 4.74 Å². The largest absolute Gasteiger partial charge is 0.378 e. The molecule has 1 aliphatic heterocycles. The van der Waals surface area contributed by atoms with Gasteiger partial charge in [0, 0.05) is 12.1 Å². The van der Waals surface area contributed by atoms with Crippen molar-refractivity contribution in [3.63, 3.8) is 0 Å². The zero-order valence-corrected chi connectivity index (χ0v) is 6.60. The van der Waals surface area contributed by atoms with Gasteiger partial charge in [-0.1, -0.05) is 6.92 Å². The van der Waals surface area contributed by atoms with Gasteiger partial charge in [0.05, 0.1) is 13.2 Å². The molecule has 2 fully saturated rings. The third-order valence-electron chi connectivity index (χ3n) is 2.76. The molecule has 1 saturated heterocycles. The van der Waals surface area contributed by atoms with Crippen LogP contribution in [0.15, 0.2) is 0 Å². The van der Waals surface area contributed by atoms with Crippen LogP contribution in [-0.4, -0.2) is 36.7 Å². The van der Waals surface area contributed by atoms with Gasteiger partial charge in [0.15, 0.2) is 0 Å². The molecule has 58 valence electrons. The first-order chi connectivity index (χ1) is 4.87. The summed E-state index contributed by atoms with van der Waals surface area (Å²) < 4.78 is 5.44. The third kappa shape index (κ3) is 0.867. The molecule has 0 radical (unpaired) electrons. The molecule has 0 N–H and O–H groups in total. The molecule has 0 aromatic rings. The van der Waals surface area contributed by atoms with E-state index in [4.69, 9.17) is 4.74 Å². The highest BCUT2D eigenvalue weighted by atomic mass is 16.5. The summed E-state index contributed by atoms with van der Waals surface area (Å²) in [6.45, 7) is 6.52. The molecule has 0 aromatic heterocycles. The average Bonchev–Trinajstić information content (AvgIpc) is 2.71. The summed E-state index contributed by atoms with van der Waals surface area (Å²) in [5, 5.41) is 0. The Kier molecular flexibility index (Phi) is 1.46. The Morgan fingerprint density at radius 2 is 2.30 bits per heavy atom. The topological polar surface area (TPSA) is 12.5 Å². The number of rotatable bonds is 1. The lowest BCUT2D eigenvalue weighted by Gasteiger charge is -2.34. The van der Waals surface area contributed by atoms with Crippen LogP contribution in [0.5, 0.6) is 0 Å². The summed E-state index contributed by atoms with van der Waals surface area (Å²) in [6, 6.07) is 0. The average molecular weight is 141 g/mol. The van der Waals surface area contributed by atoms with Crippen molar-refractivity contribution in [1.29, 1.82) is 0 Å². The second-order valence-electron chi connectivity index (χ2n) is 3.36. The van der Waals surface area contributed by atoms with Crippen LogP contribution in [0.25, 0.3) is 0 Å². The standard InChI is InChI=1S/C8H15NO/c1-2-9-5-6-10-7-8(9)3-4-8/h2-7H2,1H3. The van der Waals surface area contributed by atoms with Gasteiger partial charge in [0.1, 0.15) is 0 Å². The van der Waals surface area contributed by atoms with E-state index in [1.807, 2.05) is 0 Å². The van der Waals surface area contributed by atoms with Gasteiger partial charge in [0.25, 0.3) is 0 Å². The molecule has 0 amide bonds. The molecular formula is C8H15NO. The lowest BCUT2D eigenvalue weighted by molar-refractivity contribution is -0.0174. The second kappa shape index (κ2) is 2.21. The number of likely N-dealkylation sites (N-methyl/N-ethyl adjacent to an activating group) is 1. The smallest absolute Gasteiger partial charge is 0.0651 e. The molecule has 1 aliphatic carbocycles. The maximum absolute atomic E-state index is 5.44. The molecule has 0 unspecified atom stereocenters. The first-order valence-electron chi connectivity index (χ1n) is 4.20. The minimum absolute atomic E-state index is 0.507. The van der Waals surface area contributed by atoms with Crippen molar-refractivity contribution >= 4 is 0 Å². The monoisotopic (exact) mass is 141 g/mol. The van der Waals surface area contributed by atoms with Crippen molar-refractivity contribution < 1.29 is 4.74 Å². The van der Waals surface area contributed by atoms with E-state index in [2.05, 4.69) is 11.8 Å². The van der Waals surface area contributed by atoms with Crippen molar-refractivity contribution in [2.24, 2.45) is 0 Å². The van der Waals surface area contributed by atoms with Crippen molar-refractivity contribution in [2.75, 3.05) is 26.3 Å². The summed E-state index contributed by atoms with van der Waals surface area (Å²) in [7, 11) is 0. The predicted octanol–water partition coefficient (Wildman–Crippen LogP) is 0.871. The van der Waals surface area contributed by atoms with Crippen LogP contribution in [0.1, 0.15) is 19.8 Å². The molecule has 1 spiro atoms. The Morgan fingerprint density at radius 1 is 1.50 bits per heavy atom. The van der Waals surface area contributed by atoms with Gasteiger partial charge in [-0.3, -0.25) is 4.90 Å². The zero-order chi connectivity index (χ0) is 7.03. The highest BCUT2D eigenvalue weighted by molar-refractivity contribution is 5.04. The summed E-state index contributed by atoms with van der Waals surface area (Å²) in [5.41, 5.74) is 0.507. The summed E-state index contributed by atoms with van der Waals surface area (Å²) in [5.74, 6) is 0. The summed E-state index contributed by atoms with van der Waals surface area (Å²) >= 11 is 0. The third-order valence-corrected chi connectivity index (χ3v) is 2.76. The van der Waals surface area contributed by atoms with E-state index in [1.54, 1.807) is 0 Å². The molecule has 0 atom stereocenters. The van der Waals surface area contributed by atoms with Crippen LogP contribution in [0.2, 0.25) is 0 Å². The number of ether oxygens (including phenoxy) is 1. The van der Waals surface area contributed by atoms with Crippen LogP contribution in [-0.2, 0) is 4.74 Å². The summed E-state index contributed by atoms with van der Waals surface area (Å²) in [6.07, 6.45) is 2.72. The van der Waals surface area contributed by atoms with Crippen molar-refractivity contribution in [3.05, 3.63) is 0 Å². The Bertz CT molecular complexity index is 131. The molecule has 2 aliphatic rings. The van der Waals surface area contributed by atoms with Crippen molar-refractivity contribution in [1.82, 2.24) is 4.90 Å². The van der Waals surface area contributed by atoms with E-state index in [0.717, 1.165) is 19.8 Å². The van der Waals surface area contributed by atoms with Crippen molar-refractivity contribution in [3.8, 4) is 0 Å². The highest BCUT2D eigenvalue weighted by Crippen LogP contribution is 2.43. The normalized spacial score (nSPS) is 30.9. The number of morpholine rings is 1. The van der Waals surface area contributed by atoms with Crippen LogP contribution in [0, 0.1) is 0 Å². The minimum atomic E-state index is 0.507. The molecule has 1 heterocycles. The Labute approximate surface area is 62.2 Å². The van der Waals surface area contributed by atoms with Crippen LogP contribution >= 0.6 is 0 Å². The molecule has 1 saturated carbocycles. The molecule has 0 aromatic carbocycles. The van der Waals surface area contributed by atoms with Crippen molar-refractivity contribution in [2.45, 2.75) is 25.3 Å². The first-order valence-corrected chi connectivity index (χ1v) is 4.20. The summed E-state index contributed by atoms with van der Waals surface area (Å²) in [4.78, 5) is 2.57. The maximum Gasteiger partial charge on any atom is 0.0651 e. The van der Waals surface area contributed by atoms with Gasteiger partial charge in [-0.2, -0.15) is 0 Å². The molecule has 2 nitrogen and oxygen atoms in total. The predicted molar refractivity (Wildman–Crippen MR) is 40.0 cm³/mol. The fraction of sp³-hybridized carbons (Fsp3) is 1.00. The van der Waals surface area contributed by atoms with Crippen LogP contribution in [0.4, 0.5) is 0 Å². The van der Waals surface area contributed by atoms with E-state index < -0.39 is 0 Å². The Balaban J connectivity index is 2.01. The number of hydrogen-bond acceptors (Lipinski definition) is 2. The van der Waals surface area contributed by atoms with Gasteiger partial charge >= 0.3 is 0 Å². The second-order valence-corrected chi connectivity index (χ2v) is 3.36.